The van der Waals surface area contributed by atoms with E-state index < -0.39 is 11.7 Å². The lowest BCUT2D eigenvalue weighted by Crippen LogP contribution is -2.39. The van der Waals surface area contributed by atoms with Crippen molar-refractivity contribution in [2.75, 3.05) is 13.2 Å². The quantitative estimate of drug-likeness (QED) is 0.654. The molecule has 4 atom stereocenters. The highest BCUT2D eigenvalue weighted by molar-refractivity contribution is 5.81. The average Bonchev–Trinajstić information content (AvgIpc) is 2.69. The van der Waals surface area contributed by atoms with Gasteiger partial charge in [0.25, 0.3) is 0 Å². The number of carbonyl (C=O) groups is 1. The highest BCUT2D eigenvalue weighted by Gasteiger charge is 2.33. The van der Waals surface area contributed by atoms with Crippen LogP contribution in [0.1, 0.15) is 60.3 Å². The Morgan fingerprint density at radius 1 is 1.36 bits per heavy atom. The van der Waals surface area contributed by atoms with Crippen LogP contribution < -0.4 is 0 Å². The number of hydrogen-bond donors (Lipinski definition) is 2. The highest BCUT2D eigenvalue weighted by Crippen LogP contribution is 2.28. The molecule has 0 saturated carbocycles. The summed E-state index contributed by atoms with van der Waals surface area (Å²) in [5.41, 5.74) is 0.267. The van der Waals surface area contributed by atoms with E-state index in [2.05, 4.69) is 20.8 Å². The number of allylic oxidation sites excluding steroid dienone is 1. The first-order valence-electron chi connectivity index (χ1n) is 9.50. The van der Waals surface area contributed by atoms with Crippen LogP contribution in [-0.2, 0) is 9.53 Å². The first kappa shape index (κ1) is 22.1. The van der Waals surface area contributed by atoms with Gasteiger partial charge in [0, 0.05) is 12.3 Å². The van der Waals surface area contributed by atoms with E-state index in [0.29, 0.717) is 43.5 Å². The number of ether oxygens (including phenoxy) is 1. The Labute approximate surface area is 153 Å². The van der Waals surface area contributed by atoms with E-state index >= 15 is 0 Å². The maximum absolute atomic E-state index is 12.3. The summed E-state index contributed by atoms with van der Waals surface area (Å²) in [7, 11) is 0. The summed E-state index contributed by atoms with van der Waals surface area (Å²) in [6, 6.07) is 0. The molecule has 25 heavy (non-hydrogen) atoms. The first-order chi connectivity index (χ1) is 11.7. The summed E-state index contributed by atoms with van der Waals surface area (Å²) in [5, 5.41) is 19.4. The molecule has 0 aromatic carbocycles. The molecule has 0 radical (unpaired) electrons. The van der Waals surface area contributed by atoms with Crippen molar-refractivity contribution in [2.45, 2.75) is 72.0 Å². The summed E-state index contributed by atoms with van der Waals surface area (Å²) in [5.74, 6) is 1.20. The number of aliphatic hydroxyl groups is 2. The maximum atomic E-state index is 12.3. The average molecular weight is 353 g/mol. The van der Waals surface area contributed by atoms with Crippen LogP contribution in [0, 0.1) is 17.8 Å². The second kappa shape index (κ2) is 10.2. The van der Waals surface area contributed by atoms with E-state index in [9.17, 15) is 9.90 Å². The Bertz CT molecular complexity index is 480. The second-order valence-electron chi connectivity index (χ2n) is 8.00. The van der Waals surface area contributed by atoms with Gasteiger partial charge in [-0.2, -0.15) is 0 Å². The molecule has 144 valence electrons. The molecule has 1 heterocycles. The molecular formula is C21H36O4. The molecule has 2 N–H and O–H groups in total. The molecule has 1 saturated heterocycles. The Hall–Kier alpha value is -0.970. The first-order valence-corrected chi connectivity index (χ1v) is 9.50. The van der Waals surface area contributed by atoms with Crippen LogP contribution in [0.25, 0.3) is 0 Å². The standard InChI is InChI=1S/C21H36O4/c1-15(2)17(4)13-19(23)16(3)7-6-11-21(5)20(24)9-8-18(10-12-22)14-25-21/h6,10-11,15-17,20,22,24H,7-9,12-14H2,1-5H3/b11-6+,18-10+. The molecule has 1 fully saturated rings. The molecule has 1 rings (SSSR count). The number of aliphatic hydroxyl groups excluding tert-OH is 2. The molecule has 0 spiro atoms. The van der Waals surface area contributed by atoms with Gasteiger partial charge in [0.2, 0.25) is 0 Å². The van der Waals surface area contributed by atoms with Gasteiger partial charge in [0.05, 0.1) is 19.3 Å². The molecule has 4 nitrogen and oxygen atoms in total. The minimum atomic E-state index is -0.751. The van der Waals surface area contributed by atoms with Gasteiger partial charge >= 0.3 is 0 Å². The Kier molecular flexibility index (Phi) is 9.04. The Balaban J connectivity index is 2.61. The summed E-state index contributed by atoms with van der Waals surface area (Å²) in [4.78, 5) is 12.3. The largest absolute Gasteiger partial charge is 0.392 e. The SMILES string of the molecule is CC(C/C=C/C1(C)OC/C(=C/CO)CCC1O)C(=O)CC(C)C(C)C. The molecule has 1 aliphatic heterocycles. The number of Topliss-reactive ketones (excluding diaryl/α,β-unsaturated/α-hetero) is 1. The molecule has 0 aliphatic carbocycles. The molecule has 0 amide bonds. The van der Waals surface area contributed by atoms with Crippen LogP contribution in [0.4, 0.5) is 0 Å². The van der Waals surface area contributed by atoms with E-state index in [1.807, 2.05) is 26.0 Å². The monoisotopic (exact) mass is 352 g/mol. The van der Waals surface area contributed by atoms with Crippen LogP contribution >= 0.6 is 0 Å². The zero-order chi connectivity index (χ0) is 19.0. The van der Waals surface area contributed by atoms with Crippen molar-refractivity contribution in [3.05, 3.63) is 23.8 Å². The third-order valence-corrected chi connectivity index (χ3v) is 5.50. The summed E-state index contributed by atoms with van der Waals surface area (Å²) in [6.45, 7) is 10.7. The number of ketones is 1. The molecule has 0 bridgehead atoms. The van der Waals surface area contributed by atoms with Gasteiger partial charge in [-0.15, -0.1) is 0 Å². The zero-order valence-electron chi connectivity index (χ0n) is 16.5. The van der Waals surface area contributed by atoms with Crippen molar-refractivity contribution in [3.8, 4) is 0 Å². The molecule has 0 aromatic heterocycles. The van der Waals surface area contributed by atoms with Crippen LogP contribution in [0.2, 0.25) is 0 Å². The third kappa shape index (κ3) is 7.04. The Morgan fingerprint density at radius 2 is 2.04 bits per heavy atom. The molecule has 0 aromatic rings. The molecule has 4 unspecified atom stereocenters. The minimum absolute atomic E-state index is 0.00420. The molecular weight excluding hydrogens is 316 g/mol. The van der Waals surface area contributed by atoms with E-state index in [4.69, 9.17) is 9.84 Å². The van der Waals surface area contributed by atoms with Crippen molar-refractivity contribution in [1.82, 2.24) is 0 Å². The van der Waals surface area contributed by atoms with Gasteiger partial charge in [-0.05, 0) is 43.6 Å². The Morgan fingerprint density at radius 3 is 2.64 bits per heavy atom. The van der Waals surface area contributed by atoms with Crippen molar-refractivity contribution in [3.63, 3.8) is 0 Å². The van der Waals surface area contributed by atoms with Crippen LogP contribution in [0.15, 0.2) is 23.8 Å². The lowest BCUT2D eigenvalue weighted by Gasteiger charge is -2.29. The van der Waals surface area contributed by atoms with E-state index in [-0.39, 0.29) is 12.5 Å². The van der Waals surface area contributed by atoms with Gasteiger partial charge in [0.15, 0.2) is 0 Å². The summed E-state index contributed by atoms with van der Waals surface area (Å²) < 4.78 is 5.91. The van der Waals surface area contributed by atoms with Crippen LogP contribution in [0.5, 0.6) is 0 Å². The normalized spacial score (nSPS) is 29.1. The van der Waals surface area contributed by atoms with Crippen molar-refractivity contribution < 1.29 is 19.7 Å². The topological polar surface area (TPSA) is 66.8 Å². The molecule has 1 aliphatic rings. The van der Waals surface area contributed by atoms with Crippen molar-refractivity contribution in [2.24, 2.45) is 17.8 Å². The van der Waals surface area contributed by atoms with Crippen molar-refractivity contribution >= 4 is 5.78 Å². The fraction of sp³-hybridized carbons (Fsp3) is 0.762. The number of carbonyl (C=O) groups excluding carboxylic acids is 1. The lowest BCUT2D eigenvalue weighted by molar-refractivity contribution is -0.123. The predicted molar refractivity (Wildman–Crippen MR) is 101 cm³/mol. The van der Waals surface area contributed by atoms with E-state index in [0.717, 1.165) is 12.0 Å². The van der Waals surface area contributed by atoms with Gasteiger partial charge in [-0.3, -0.25) is 4.79 Å². The van der Waals surface area contributed by atoms with Gasteiger partial charge in [0.1, 0.15) is 11.4 Å². The number of rotatable bonds is 8. The van der Waals surface area contributed by atoms with E-state index in [1.165, 1.54) is 0 Å². The van der Waals surface area contributed by atoms with Gasteiger partial charge in [-0.1, -0.05) is 45.9 Å². The maximum Gasteiger partial charge on any atom is 0.136 e. The fourth-order valence-corrected chi connectivity index (χ4v) is 2.87. The summed E-state index contributed by atoms with van der Waals surface area (Å²) in [6.07, 6.45) is 7.63. The van der Waals surface area contributed by atoms with Crippen LogP contribution in [0.3, 0.4) is 0 Å². The smallest absolute Gasteiger partial charge is 0.136 e. The highest BCUT2D eigenvalue weighted by atomic mass is 16.5. The van der Waals surface area contributed by atoms with Crippen molar-refractivity contribution in [1.29, 1.82) is 0 Å². The zero-order valence-corrected chi connectivity index (χ0v) is 16.5. The minimum Gasteiger partial charge on any atom is -0.392 e. The van der Waals surface area contributed by atoms with Gasteiger partial charge < -0.3 is 14.9 Å². The number of hydrogen-bond acceptors (Lipinski definition) is 4. The third-order valence-electron chi connectivity index (χ3n) is 5.50. The summed E-state index contributed by atoms with van der Waals surface area (Å²) >= 11 is 0. The lowest BCUT2D eigenvalue weighted by atomic mass is 9.87. The van der Waals surface area contributed by atoms with E-state index in [1.54, 1.807) is 6.08 Å². The predicted octanol–water partition coefficient (Wildman–Crippen LogP) is 3.67. The van der Waals surface area contributed by atoms with Crippen LogP contribution in [-0.4, -0.2) is 40.9 Å². The fourth-order valence-electron chi connectivity index (χ4n) is 2.87. The van der Waals surface area contributed by atoms with Gasteiger partial charge in [-0.25, -0.2) is 0 Å². The second-order valence-corrected chi connectivity index (χ2v) is 8.00. The molecule has 4 heteroatoms.